The molecule has 0 radical (unpaired) electrons. The van der Waals surface area contributed by atoms with E-state index in [-0.39, 0.29) is 0 Å². The van der Waals surface area contributed by atoms with E-state index in [0.29, 0.717) is 0 Å². The summed E-state index contributed by atoms with van der Waals surface area (Å²) in [5, 5.41) is 0. The van der Waals surface area contributed by atoms with E-state index in [1.54, 1.807) is 0 Å². The van der Waals surface area contributed by atoms with Crippen molar-refractivity contribution in [2.75, 3.05) is 0 Å². The van der Waals surface area contributed by atoms with Crippen molar-refractivity contribution in [1.82, 2.24) is 0 Å². The van der Waals surface area contributed by atoms with Crippen LogP contribution in [-0.4, -0.2) is 0 Å². The Labute approximate surface area is 435 Å². The maximum atomic E-state index is 2.30. The molecule has 0 spiro atoms. The van der Waals surface area contributed by atoms with Gasteiger partial charge in [0.25, 0.3) is 0 Å². The quantitative estimate of drug-likeness (QED) is 0.107. The lowest BCUT2D eigenvalue weighted by Crippen LogP contribution is -1.98. The number of hydrogen-bond donors (Lipinski definition) is 0. The predicted octanol–water partition coefficient (Wildman–Crippen LogP) is 20.0. The Morgan fingerprint density at radius 2 is 0.216 bits per heavy atom. The van der Waals surface area contributed by atoms with Crippen LogP contribution in [0.5, 0.6) is 0 Å². The smallest absolute Gasteiger partial charge is 0.00268 e. The van der Waals surface area contributed by atoms with Gasteiger partial charge in [0, 0.05) is 0 Å². The highest BCUT2D eigenvalue weighted by molar-refractivity contribution is 6.05. The van der Waals surface area contributed by atoms with Crippen LogP contribution in [0.1, 0.15) is 22.3 Å². The lowest BCUT2D eigenvalue weighted by atomic mass is 9.84. The summed E-state index contributed by atoms with van der Waals surface area (Å²) in [6.07, 6.45) is 0. The van der Waals surface area contributed by atoms with Crippen LogP contribution in [0.4, 0.5) is 0 Å². The van der Waals surface area contributed by atoms with E-state index >= 15 is 0 Å². The van der Waals surface area contributed by atoms with E-state index in [1.165, 1.54) is 100 Å². The second-order valence-electron chi connectivity index (χ2n) is 18.8. The Morgan fingerprint density at radius 1 is 0.108 bits per heavy atom. The van der Waals surface area contributed by atoms with Crippen molar-refractivity contribution in [3.63, 3.8) is 0 Å². The molecule has 0 aliphatic carbocycles. The normalized spacial score (nSPS) is 11.0. The molecule has 0 heteroatoms. The van der Waals surface area contributed by atoms with E-state index in [4.69, 9.17) is 0 Å². The zero-order valence-corrected chi connectivity index (χ0v) is 41.0. The van der Waals surface area contributed by atoms with Gasteiger partial charge in [0.2, 0.25) is 0 Å². The lowest BCUT2D eigenvalue weighted by molar-refractivity contribution is 1.49. The number of benzene rings is 12. The van der Waals surface area contributed by atoms with Gasteiger partial charge in [-0.25, -0.2) is 0 Å². The minimum atomic E-state index is 1.14. The molecule has 0 bridgehead atoms. The SMILES string of the molecule is c1ccc(-c2ccc(-c3ccc(C(=C(c4ccc(-c5ccc(-c6ccccc6)cc5)cc4)c4ccc(-c5ccc(-c6ccccc6)cc5)cc4)c4ccc(-c5ccc(-c6ccccc6)cc5)cc4)cc3)cc2)cc1. The molecule has 0 unspecified atom stereocenters. The first kappa shape index (κ1) is 45.5. The molecule has 0 fully saturated rings. The lowest BCUT2D eigenvalue weighted by Gasteiger charge is -2.20. The van der Waals surface area contributed by atoms with Gasteiger partial charge >= 0.3 is 0 Å². The zero-order chi connectivity index (χ0) is 49.5. The number of hydrogen-bond acceptors (Lipinski definition) is 0. The van der Waals surface area contributed by atoms with Crippen molar-refractivity contribution in [1.29, 1.82) is 0 Å². The molecule has 0 aliphatic rings. The monoisotopic (exact) mass is 940 g/mol. The Balaban J connectivity index is 0.967. The van der Waals surface area contributed by atoms with Crippen LogP contribution < -0.4 is 0 Å². The highest BCUT2D eigenvalue weighted by Gasteiger charge is 2.18. The fourth-order valence-electron chi connectivity index (χ4n) is 10.2. The predicted molar refractivity (Wildman–Crippen MR) is 314 cm³/mol. The van der Waals surface area contributed by atoms with Crippen LogP contribution in [0.15, 0.2) is 315 Å². The van der Waals surface area contributed by atoms with Crippen molar-refractivity contribution < 1.29 is 0 Å². The molecule has 12 aromatic carbocycles. The minimum Gasteiger partial charge on any atom is -0.0622 e. The standard InChI is InChI=1S/C74H52/c1-5-13-53(14-6-1)57-21-29-61(30-22-57)65-37-45-69(46-38-65)73(70-47-39-66(40-48-70)62-31-23-58(24-32-62)54-15-7-2-8-16-54)74(71-49-41-67(42-50-71)63-33-25-59(26-34-63)55-17-9-3-10-18-55)72-51-43-68(44-52-72)64-35-27-60(28-36-64)56-19-11-4-12-20-56/h1-52H. The second kappa shape index (κ2) is 21.0. The molecule has 12 aromatic rings. The first-order valence-corrected chi connectivity index (χ1v) is 25.5. The van der Waals surface area contributed by atoms with Crippen LogP contribution in [0.2, 0.25) is 0 Å². The molecule has 0 saturated carbocycles. The maximum absolute atomic E-state index is 2.30. The third-order valence-corrected chi connectivity index (χ3v) is 14.2. The van der Waals surface area contributed by atoms with Crippen molar-refractivity contribution in [3.05, 3.63) is 338 Å². The van der Waals surface area contributed by atoms with Gasteiger partial charge in [-0.1, -0.05) is 315 Å². The van der Waals surface area contributed by atoms with E-state index in [0.717, 1.165) is 22.3 Å². The summed E-state index contributed by atoms with van der Waals surface area (Å²) in [5.41, 5.74) is 26.1. The third kappa shape index (κ3) is 9.86. The van der Waals surface area contributed by atoms with Crippen molar-refractivity contribution >= 4 is 11.1 Å². The molecule has 0 atom stereocenters. The Kier molecular flexibility index (Phi) is 12.9. The molecule has 0 heterocycles. The number of rotatable bonds is 12. The maximum Gasteiger partial charge on any atom is -0.00268 e. The molecule has 12 rings (SSSR count). The van der Waals surface area contributed by atoms with Gasteiger partial charge in [-0.3, -0.25) is 0 Å². The van der Waals surface area contributed by atoms with Gasteiger partial charge in [0.1, 0.15) is 0 Å². The molecule has 0 nitrogen and oxygen atoms in total. The van der Waals surface area contributed by atoms with Gasteiger partial charge in [0.05, 0.1) is 0 Å². The largest absolute Gasteiger partial charge is 0.0622 e. The Bertz CT molecular complexity index is 3270. The van der Waals surface area contributed by atoms with Gasteiger partial charge in [-0.2, -0.15) is 0 Å². The summed E-state index contributed by atoms with van der Waals surface area (Å²) in [4.78, 5) is 0. The Hall–Kier alpha value is -9.62. The molecule has 0 aliphatic heterocycles. The van der Waals surface area contributed by atoms with Gasteiger partial charge in [-0.05, 0) is 122 Å². The van der Waals surface area contributed by atoms with Crippen molar-refractivity contribution in [3.8, 4) is 89.0 Å². The fraction of sp³-hybridized carbons (Fsp3) is 0. The molecular formula is C74H52. The third-order valence-electron chi connectivity index (χ3n) is 14.2. The van der Waals surface area contributed by atoms with Gasteiger partial charge < -0.3 is 0 Å². The molecule has 0 N–H and O–H groups in total. The van der Waals surface area contributed by atoms with E-state index in [1.807, 2.05) is 0 Å². The minimum absolute atomic E-state index is 1.14. The van der Waals surface area contributed by atoms with Crippen LogP contribution in [-0.2, 0) is 0 Å². The van der Waals surface area contributed by atoms with E-state index in [9.17, 15) is 0 Å². The molecule has 348 valence electrons. The second-order valence-corrected chi connectivity index (χ2v) is 18.8. The summed E-state index contributed by atoms with van der Waals surface area (Å²) in [6.45, 7) is 0. The van der Waals surface area contributed by atoms with Crippen molar-refractivity contribution in [2.45, 2.75) is 0 Å². The van der Waals surface area contributed by atoms with Crippen LogP contribution in [0.25, 0.3) is 100 Å². The van der Waals surface area contributed by atoms with Gasteiger partial charge in [-0.15, -0.1) is 0 Å². The average molecular weight is 941 g/mol. The molecule has 0 aromatic heterocycles. The zero-order valence-electron chi connectivity index (χ0n) is 41.0. The summed E-state index contributed by atoms with van der Waals surface area (Å²) >= 11 is 0. The highest BCUT2D eigenvalue weighted by atomic mass is 14.2. The van der Waals surface area contributed by atoms with Crippen LogP contribution >= 0.6 is 0 Å². The highest BCUT2D eigenvalue weighted by Crippen LogP contribution is 2.40. The topological polar surface area (TPSA) is 0 Å². The average Bonchev–Trinajstić information content (AvgIpc) is 3.50. The summed E-state index contributed by atoms with van der Waals surface area (Å²) in [6, 6.07) is 115. The van der Waals surface area contributed by atoms with Crippen LogP contribution in [0, 0.1) is 0 Å². The molecular weight excluding hydrogens is 889 g/mol. The molecule has 0 saturated heterocycles. The summed E-state index contributed by atoms with van der Waals surface area (Å²) < 4.78 is 0. The van der Waals surface area contributed by atoms with Crippen LogP contribution in [0.3, 0.4) is 0 Å². The Morgan fingerprint density at radius 3 is 0.351 bits per heavy atom. The van der Waals surface area contributed by atoms with Crippen molar-refractivity contribution in [2.24, 2.45) is 0 Å². The van der Waals surface area contributed by atoms with E-state index in [2.05, 4.69) is 315 Å². The van der Waals surface area contributed by atoms with E-state index < -0.39 is 0 Å². The molecule has 0 amide bonds. The fourth-order valence-corrected chi connectivity index (χ4v) is 10.2. The summed E-state index contributed by atoms with van der Waals surface area (Å²) in [7, 11) is 0. The first-order chi connectivity index (χ1) is 36.7. The molecule has 74 heavy (non-hydrogen) atoms. The van der Waals surface area contributed by atoms with Gasteiger partial charge in [0.15, 0.2) is 0 Å². The summed E-state index contributed by atoms with van der Waals surface area (Å²) in [5.74, 6) is 0. The first-order valence-electron chi connectivity index (χ1n) is 25.5.